The minimum atomic E-state index is -0.269. The van der Waals surface area contributed by atoms with Crippen molar-refractivity contribution in [3.8, 4) is 0 Å². The largest absolute Gasteiger partial charge is 0.300 e. The molecule has 1 fully saturated rings. The first kappa shape index (κ1) is 12.9. The van der Waals surface area contributed by atoms with Crippen molar-refractivity contribution in [1.29, 1.82) is 0 Å². The normalized spacial score (nSPS) is 14.2. The molecular formula is C16H15N5O. The molecule has 0 aliphatic heterocycles. The maximum absolute atomic E-state index is 12.5. The average Bonchev–Trinajstić information content (AvgIpc) is 3.32. The molecule has 22 heavy (non-hydrogen) atoms. The fourth-order valence-corrected chi connectivity index (χ4v) is 2.61. The number of aromatic nitrogens is 4. The Morgan fingerprint density at radius 3 is 2.86 bits per heavy atom. The molecule has 1 saturated carbocycles. The summed E-state index contributed by atoms with van der Waals surface area (Å²) in [4.78, 5) is 16.7. The van der Waals surface area contributed by atoms with Gasteiger partial charge < -0.3 is 0 Å². The zero-order valence-corrected chi connectivity index (χ0v) is 12.2. The molecular weight excluding hydrogens is 278 g/mol. The number of fused-ring (bicyclic) bond motifs is 1. The van der Waals surface area contributed by atoms with Gasteiger partial charge in [0.1, 0.15) is 11.5 Å². The molecule has 1 aliphatic rings. The highest BCUT2D eigenvalue weighted by molar-refractivity contribution is 6.10. The Bertz CT molecular complexity index is 861. The van der Waals surface area contributed by atoms with Crippen molar-refractivity contribution in [2.24, 2.45) is 7.05 Å². The summed E-state index contributed by atoms with van der Waals surface area (Å²) in [7, 11) is 1.87. The van der Waals surface area contributed by atoms with Gasteiger partial charge in [0.2, 0.25) is 5.95 Å². The molecule has 1 amide bonds. The predicted octanol–water partition coefficient (Wildman–Crippen LogP) is 2.49. The lowest BCUT2D eigenvalue weighted by molar-refractivity contribution is 0.102. The monoisotopic (exact) mass is 293 g/mol. The highest BCUT2D eigenvalue weighted by Crippen LogP contribution is 2.39. The van der Waals surface area contributed by atoms with E-state index in [1.165, 1.54) is 0 Å². The van der Waals surface area contributed by atoms with Crippen LogP contribution in [-0.2, 0) is 7.05 Å². The van der Waals surface area contributed by atoms with E-state index in [-0.39, 0.29) is 5.91 Å². The molecule has 1 aromatic carbocycles. The van der Waals surface area contributed by atoms with E-state index in [1.807, 2.05) is 41.9 Å². The predicted molar refractivity (Wildman–Crippen MR) is 82.7 cm³/mol. The minimum Gasteiger partial charge on any atom is -0.300 e. The van der Waals surface area contributed by atoms with Gasteiger partial charge in [0.25, 0.3) is 5.91 Å². The Morgan fingerprint density at radius 2 is 2.05 bits per heavy atom. The van der Waals surface area contributed by atoms with E-state index in [9.17, 15) is 4.79 Å². The van der Waals surface area contributed by atoms with Crippen LogP contribution in [-0.4, -0.2) is 25.7 Å². The zero-order chi connectivity index (χ0) is 15.1. The van der Waals surface area contributed by atoms with Crippen molar-refractivity contribution in [3.63, 3.8) is 0 Å². The summed E-state index contributed by atoms with van der Waals surface area (Å²) in [6.07, 6.45) is 3.93. The van der Waals surface area contributed by atoms with Gasteiger partial charge in [-0.15, -0.1) is 10.2 Å². The third kappa shape index (κ3) is 2.13. The number of hydrogen-bond donors (Lipinski definition) is 1. The van der Waals surface area contributed by atoms with Crippen molar-refractivity contribution >= 4 is 22.6 Å². The van der Waals surface area contributed by atoms with Gasteiger partial charge in [-0.2, -0.15) is 0 Å². The number of hydrogen-bond acceptors (Lipinski definition) is 4. The summed E-state index contributed by atoms with van der Waals surface area (Å²) >= 11 is 0. The van der Waals surface area contributed by atoms with Gasteiger partial charge in [-0.1, -0.05) is 24.3 Å². The van der Waals surface area contributed by atoms with Gasteiger partial charge >= 0.3 is 0 Å². The van der Waals surface area contributed by atoms with Gasteiger partial charge in [0, 0.05) is 24.5 Å². The van der Waals surface area contributed by atoms with Crippen LogP contribution in [0, 0.1) is 0 Å². The number of pyridine rings is 1. The lowest BCUT2D eigenvalue weighted by atomic mass is 10.1. The quantitative estimate of drug-likeness (QED) is 0.805. The van der Waals surface area contributed by atoms with E-state index in [4.69, 9.17) is 0 Å². The maximum atomic E-state index is 12.5. The summed E-state index contributed by atoms with van der Waals surface area (Å²) < 4.78 is 1.85. The van der Waals surface area contributed by atoms with E-state index in [1.54, 1.807) is 6.20 Å². The second-order valence-electron chi connectivity index (χ2n) is 5.55. The standard InChI is InChI=1S/C16H15N5O/c1-21-14(11-6-7-11)19-20-16(21)18-15(22)13-12-5-3-2-4-10(12)8-9-17-13/h2-5,8-9,11H,6-7H2,1H3,(H,18,20,22). The van der Waals surface area contributed by atoms with Crippen LogP contribution in [0.4, 0.5) is 5.95 Å². The molecule has 1 N–H and O–H groups in total. The van der Waals surface area contributed by atoms with Crippen LogP contribution in [0.1, 0.15) is 35.1 Å². The van der Waals surface area contributed by atoms with Crippen molar-refractivity contribution in [3.05, 3.63) is 48.0 Å². The van der Waals surface area contributed by atoms with Crippen molar-refractivity contribution < 1.29 is 4.79 Å². The number of carbonyl (C=O) groups is 1. The Kier molecular flexibility index (Phi) is 2.89. The van der Waals surface area contributed by atoms with E-state index in [2.05, 4.69) is 20.5 Å². The second kappa shape index (κ2) is 4.91. The van der Waals surface area contributed by atoms with Crippen LogP contribution in [0.3, 0.4) is 0 Å². The third-order valence-electron chi connectivity index (χ3n) is 3.97. The molecule has 0 unspecified atom stereocenters. The lowest BCUT2D eigenvalue weighted by Gasteiger charge is -2.07. The van der Waals surface area contributed by atoms with Crippen LogP contribution in [0.15, 0.2) is 36.5 Å². The first-order valence-electron chi connectivity index (χ1n) is 7.28. The van der Waals surface area contributed by atoms with Crippen LogP contribution < -0.4 is 5.32 Å². The molecule has 2 heterocycles. The van der Waals surface area contributed by atoms with E-state index in [0.717, 1.165) is 29.4 Å². The summed E-state index contributed by atoms with van der Waals surface area (Å²) in [5.41, 5.74) is 0.397. The molecule has 0 radical (unpaired) electrons. The smallest absolute Gasteiger partial charge is 0.277 e. The Morgan fingerprint density at radius 1 is 1.23 bits per heavy atom. The second-order valence-corrected chi connectivity index (χ2v) is 5.55. The van der Waals surface area contributed by atoms with Crippen molar-refractivity contribution in [2.45, 2.75) is 18.8 Å². The van der Waals surface area contributed by atoms with Gasteiger partial charge in [-0.05, 0) is 24.3 Å². The molecule has 3 aromatic rings. The SMILES string of the molecule is Cn1c(NC(=O)c2nccc3ccccc23)nnc1C1CC1. The summed E-state index contributed by atoms with van der Waals surface area (Å²) in [6, 6.07) is 9.58. The Balaban J connectivity index is 1.66. The fourth-order valence-electron chi connectivity index (χ4n) is 2.61. The summed E-state index contributed by atoms with van der Waals surface area (Å²) in [5, 5.41) is 12.9. The topological polar surface area (TPSA) is 72.7 Å². The van der Waals surface area contributed by atoms with Crippen LogP contribution in [0.25, 0.3) is 10.8 Å². The molecule has 110 valence electrons. The molecule has 0 atom stereocenters. The van der Waals surface area contributed by atoms with E-state index < -0.39 is 0 Å². The van der Waals surface area contributed by atoms with Crippen molar-refractivity contribution in [2.75, 3.05) is 5.32 Å². The molecule has 4 rings (SSSR count). The number of carbonyl (C=O) groups excluding carboxylic acids is 1. The zero-order valence-electron chi connectivity index (χ0n) is 12.2. The minimum absolute atomic E-state index is 0.269. The number of nitrogens with zero attached hydrogens (tertiary/aromatic N) is 4. The highest BCUT2D eigenvalue weighted by atomic mass is 16.2. The number of benzene rings is 1. The number of anilines is 1. The van der Waals surface area contributed by atoms with Gasteiger partial charge in [0.05, 0.1) is 0 Å². The van der Waals surface area contributed by atoms with Gasteiger partial charge in [-0.25, -0.2) is 0 Å². The number of amides is 1. The van der Waals surface area contributed by atoms with Gasteiger partial charge in [0.15, 0.2) is 0 Å². The van der Waals surface area contributed by atoms with Gasteiger partial charge in [-0.3, -0.25) is 19.7 Å². The summed E-state index contributed by atoms with van der Waals surface area (Å²) in [5.74, 6) is 1.61. The number of nitrogens with one attached hydrogen (secondary N) is 1. The van der Waals surface area contributed by atoms with Crippen LogP contribution in [0.2, 0.25) is 0 Å². The first-order valence-corrected chi connectivity index (χ1v) is 7.28. The first-order chi connectivity index (χ1) is 10.7. The fraction of sp³-hybridized carbons (Fsp3) is 0.250. The molecule has 6 nitrogen and oxygen atoms in total. The molecule has 2 aromatic heterocycles. The molecule has 1 aliphatic carbocycles. The third-order valence-corrected chi connectivity index (χ3v) is 3.97. The molecule has 0 saturated heterocycles. The number of rotatable bonds is 3. The Labute approximate surface area is 127 Å². The molecule has 6 heteroatoms. The summed E-state index contributed by atoms with van der Waals surface area (Å²) in [6.45, 7) is 0. The van der Waals surface area contributed by atoms with Crippen LogP contribution in [0.5, 0.6) is 0 Å². The van der Waals surface area contributed by atoms with E-state index in [0.29, 0.717) is 17.6 Å². The highest BCUT2D eigenvalue weighted by Gasteiger charge is 2.29. The van der Waals surface area contributed by atoms with E-state index >= 15 is 0 Å². The molecule has 0 bridgehead atoms. The van der Waals surface area contributed by atoms with Crippen molar-refractivity contribution in [1.82, 2.24) is 19.7 Å². The van der Waals surface area contributed by atoms with Crippen LogP contribution >= 0.6 is 0 Å². The average molecular weight is 293 g/mol. The maximum Gasteiger partial charge on any atom is 0.277 e. The molecule has 0 spiro atoms. The Hall–Kier alpha value is -2.76. The lowest BCUT2D eigenvalue weighted by Crippen LogP contribution is -2.17.